The van der Waals surface area contributed by atoms with Crippen molar-refractivity contribution in [2.75, 3.05) is 0 Å². The Kier molecular flexibility index (Phi) is 4.82. The Hall–Kier alpha value is -2.07. The highest BCUT2D eigenvalue weighted by atomic mass is 32.2. The van der Waals surface area contributed by atoms with Gasteiger partial charge in [-0.25, -0.2) is 0 Å². The van der Waals surface area contributed by atoms with Crippen LogP contribution in [-0.2, 0) is 12.2 Å². The number of aryl methyl sites for hydroxylation is 3. The van der Waals surface area contributed by atoms with Crippen molar-refractivity contribution in [3.63, 3.8) is 0 Å². The zero-order valence-corrected chi connectivity index (χ0v) is 14.6. The maximum Gasteiger partial charge on any atom is 0.196 e. The summed E-state index contributed by atoms with van der Waals surface area (Å²) in [5.41, 5.74) is 4.97. The van der Waals surface area contributed by atoms with Crippen molar-refractivity contribution in [3.05, 3.63) is 71.0 Å². The zero-order valence-electron chi connectivity index (χ0n) is 13.8. The molecule has 0 aliphatic carbocycles. The van der Waals surface area contributed by atoms with Gasteiger partial charge >= 0.3 is 0 Å². The molecule has 0 unspecified atom stereocenters. The summed E-state index contributed by atoms with van der Waals surface area (Å²) in [6, 6.07) is 17.1. The molecule has 0 saturated heterocycles. The number of benzene rings is 2. The molecule has 3 aromatic rings. The number of thioether (sulfide) groups is 1. The average Bonchev–Trinajstić information content (AvgIpc) is 2.97. The fourth-order valence-electron chi connectivity index (χ4n) is 2.48. The molecule has 3 rings (SSSR count). The van der Waals surface area contributed by atoms with Crippen molar-refractivity contribution in [1.82, 2.24) is 14.8 Å². The van der Waals surface area contributed by atoms with E-state index in [4.69, 9.17) is 0 Å². The second-order valence-electron chi connectivity index (χ2n) is 5.70. The largest absolute Gasteiger partial charge is 0.274 e. The highest BCUT2D eigenvalue weighted by Crippen LogP contribution is 2.26. The van der Waals surface area contributed by atoms with E-state index in [1.165, 1.54) is 16.7 Å². The Balaban J connectivity index is 1.88. The molecule has 4 heteroatoms. The van der Waals surface area contributed by atoms with Gasteiger partial charge in [0.05, 0.1) is 0 Å². The van der Waals surface area contributed by atoms with Crippen LogP contribution in [0.4, 0.5) is 0 Å². The van der Waals surface area contributed by atoms with E-state index in [1.54, 1.807) is 11.8 Å². The van der Waals surface area contributed by atoms with E-state index in [-0.39, 0.29) is 0 Å². The lowest BCUT2D eigenvalue weighted by Crippen LogP contribution is -2.02. The molecule has 23 heavy (non-hydrogen) atoms. The molecule has 118 valence electrons. The first-order valence-corrected chi connectivity index (χ1v) is 8.85. The Morgan fingerprint density at radius 1 is 0.957 bits per heavy atom. The van der Waals surface area contributed by atoms with Gasteiger partial charge in [0.1, 0.15) is 5.82 Å². The summed E-state index contributed by atoms with van der Waals surface area (Å²) in [5, 5.41) is 9.71. The fourth-order valence-corrected chi connectivity index (χ4v) is 3.41. The van der Waals surface area contributed by atoms with E-state index in [9.17, 15) is 0 Å². The monoisotopic (exact) mass is 323 g/mol. The van der Waals surface area contributed by atoms with Crippen LogP contribution in [0.3, 0.4) is 0 Å². The predicted octanol–water partition coefficient (Wildman–Crippen LogP) is 4.74. The van der Waals surface area contributed by atoms with E-state index < -0.39 is 0 Å². The lowest BCUT2D eigenvalue weighted by Gasteiger charge is -2.10. The molecule has 0 spiro atoms. The topological polar surface area (TPSA) is 30.7 Å². The van der Waals surface area contributed by atoms with Crippen molar-refractivity contribution >= 4 is 11.8 Å². The number of nitrogens with zero attached hydrogens (tertiary/aromatic N) is 3. The molecular formula is C19H21N3S. The highest BCUT2D eigenvalue weighted by Gasteiger charge is 2.13. The van der Waals surface area contributed by atoms with Crippen LogP contribution in [0.1, 0.15) is 29.4 Å². The molecule has 1 aromatic heterocycles. The minimum absolute atomic E-state index is 0.867. The van der Waals surface area contributed by atoms with Crippen molar-refractivity contribution in [1.29, 1.82) is 0 Å². The maximum atomic E-state index is 4.40. The van der Waals surface area contributed by atoms with Gasteiger partial charge in [0.25, 0.3) is 0 Å². The van der Waals surface area contributed by atoms with Crippen LogP contribution in [0.5, 0.6) is 0 Å². The van der Waals surface area contributed by atoms with Crippen molar-refractivity contribution in [2.45, 2.75) is 38.1 Å². The smallest absolute Gasteiger partial charge is 0.196 e. The molecule has 2 aromatic carbocycles. The maximum absolute atomic E-state index is 4.40. The van der Waals surface area contributed by atoms with Crippen molar-refractivity contribution < 1.29 is 0 Å². The second kappa shape index (κ2) is 7.01. The van der Waals surface area contributed by atoms with Gasteiger partial charge in [-0.2, -0.15) is 0 Å². The summed E-state index contributed by atoms with van der Waals surface area (Å²) in [5.74, 6) is 1.90. The van der Waals surface area contributed by atoms with Gasteiger partial charge < -0.3 is 0 Å². The van der Waals surface area contributed by atoms with Gasteiger partial charge in [-0.3, -0.25) is 4.57 Å². The molecule has 0 saturated carbocycles. The number of aromatic nitrogens is 3. The van der Waals surface area contributed by atoms with E-state index in [2.05, 4.69) is 84.1 Å². The van der Waals surface area contributed by atoms with E-state index >= 15 is 0 Å². The van der Waals surface area contributed by atoms with Gasteiger partial charge in [0.2, 0.25) is 0 Å². The molecule has 3 nitrogen and oxygen atoms in total. The van der Waals surface area contributed by atoms with Gasteiger partial charge in [-0.1, -0.05) is 60.6 Å². The van der Waals surface area contributed by atoms with E-state index in [0.29, 0.717) is 0 Å². The summed E-state index contributed by atoms with van der Waals surface area (Å²) in [6.07, 6.45) is 0.867. The van der Waals surface area contributed by atoms with Crippen LogP contribution >= 0.6 is 11.8 Å². The molecule has 0 fully saturated rings. The molecule has 0 radical (unpaired) electrons. The molecule has 0 bridgehead atoms. The van der Waals surface area contributed by atoms with Crippen LogP contribution in [0.25, 0.3) is 5.69 Å². The Morgan fingerprint density at radius 2 is 1.74 bits per heavy atom. The molecule has 0 aliphatic rings. The first-order chi connectivity index (χ1) is 11.2. The third kappa shape index (κ3) is 3.64. The van der Waals surface area contributed by atoms with Crippen LogP contribution in [0, 0.1) is 13.8 Å². The molecule has 0 N–H and O–H groups in total. The summed E-state index contributed by atoms with van der Waals surface area (Å²) in [6.45, 7) is 6.34. The zero-order chi connectivity index (χ0) is 16.2. The van der Waals surface area contributed by atoms with Crippen LogP contribution in [-0.4, -0.2) is 14.8 Å². The summed E-state index contributed by atoms with van der Waals surface area (Å²) < 4.78 is 2.17. The van der Waals surface area contributed by atoms with E-state index in [1.807, 2.05) is 0 Å². The number of hydrogen-bond donors (Lipinski definition) is 0. The Labute approximate surface area is 141 Å². The minimum Gasteiger partial charge on any atom is -0.274 e. The summed E-state index contributed by atoms with van der Waals surface area (Å²) in [4.78, 5) is 0. The van der Waals surface area contributed by atoms with E-state index in [0.717, 1.165) is 28.8 Å². The lowest BCUT2D eigenvalue weighted by molar-refractivity contribution is 0.835. The van der Waals surface area contributed by atoms with Gasteiger partial charge in [-0.05, 0) is 37.1 Å². The Morgan fingerprint density at radius 3 is 2.43 bits per heavy atom. The van der Waals surface area contributed by atoms with Crippen LogP contribution < -0.4 is 0 Å². The summed E-state index contributed by atoms with van der Waals surface area (Å²) in [7, 11) is 0. The first kappa shape index (κ1) is 15.8. The van der Waals surface area contributed by atoms with Gasteiger partial charge in [-0.15, -0.1) is 10.2 Å². The lowest BCUT2D eigenvalue weighted by atomic mass is 10.2. The van der Waals surface area contributed by atoms with Crippen molar-refractivity contribution in [3.8, 4) is 5.69 Å². The number of rotatable bonds is 5. The normalized spacial score (nSPS) is 10.9. The molecule has 0 atom stereocenters. The van der Waals surface area contributed by atoms with Gasteiger partial charge in [0, 0.05) is 17.9 Å². The average molecular weight is 323 g/mol. The quantitative estimate of drug-likeness (QED) is 0.635. The fraction of sp³-hybridized carbons (Fsp3) is 0.263. The molecule has 1 heterocycles. The Bertz CT molecular complexity index is 791. The molecule has 0 aliphatic heterocycles. The SMILES string of the molecule is CCc1nnc(SCc2ccc(C)cc2)n1-c1cccc(C)c1. The molecule has 0 amide bonds. The summed E-state index contributed by atoms with van der Waals surface area (Å²) >= 11 is 1.73. The van der Waals surface area contributed by atoms with Crippen LogP contribution in [0.2, 0.25) is 0 Å². The number of hydrogen-bond acceptors (Lipinski definition) is 3. The highest BCUT2D eigenvalue weighted by molar-refractivity contribution is 7.98. The standard InChI is InChI=1S/C19H21N3S/c1-4-18-20-21-19(22(18)17-7-5-6-15(3)12-17)23-13-16-10-8-14(2)9-11-16/h5-12H,4,13H2,1-3H3. The van der Waals surface area contributed by atoms with Crippen molar-refractivity contribution in [2.24, 2.45) is 0 Å². The first-order valence-electron chi connectivity index (χ1n) is 7.87. The second-order valence-corrected chi connectivity index (χ2v) is 6.64. The predicted molar refractivity (Wildman–Crippen MR) is 96.2 cm³/mol. The molecular weight excluding hydrogens is 302 g/mol. The minimum atomic E-state index is 0.867. The third-order valence-electron chi connectivity index (χ3n) is 3.76. The van der Waals surface area contributed by atoms with Crippen LogP contribution in [0.15, 0.2) is 53.7 Å². The van der Waals surface area contributed by atoms with Gasteiger partial charge in [0.15, 0.2) is 5.16 Å². The third-order valence-corrected chi connectivity index (χ3v) is 4.77.